The van der Waals surface area contributed by atoms with Gasteiger partial charge in [-0.1, -0.05) is 18.2 Å². The Morgan fingerprint density at radius 2 is 2.19 bits per heavy atom. The predicted octanol–water partition coefficient (Wildman–Crippen LogP) is 4.42. The van der Waals surface area contributed by atoms with Crippen LogP contribution in [0.25, 0.3) is 23.1 Å². The standard InChI is InChI=1S/C20H16N4OS/c1-14-5-6-15(18-13-24-10-3-9-21-20(24)23-18)12-17(14)22-19(25)8-7-16-4-2-11-26-16/h2-13H,1H3,(H,22,25)/b8-7+. The van der Waals surface area contributed by atoms with Gasteiger partial charge in [-0.3, -0.25) is 9.20 Å². The van der Waals surface area contributed by atoms with Crippen LogP contribution in [0, 0.1) is 6.92 Å². The lowest BCUT2D eigenvalue weighted by molar-refractivity contribution is -0.111. The van der Waals surface area contributed by atoms with E-state index in [-0.39, 0.29) is 5.91 Å². The van der Waals surface area contributed by atoms with E-state index < -0.39 is 0 Å². The van der Waals surface area contributed by atoms with Crippen LogP contribution in [-0.2, 0) is 4.79 Å². The molecule has 0 atom stereocenters. The van der Waals surface area contributed by atoms with E-state index in [1.807, 2.05) is 71.6 Å². The second-order valence-electron chi connectivity index (χ2n) is 5.82. The van der Waals surface area contributed by atoms with Gasteiger partial charge >= 0.3 is 0 Å². The number of anilines is 1. The molecule has 0 fully saturated rings. The van der Waals surface area contributed by atoms with Crippen LogP contribution in [0.2, 0.25) is 0 Å². The summed E-state index contributed by atoms with van der Waals surface area (Å²) < 4.78 is 1.87. The molecule has 0 bridgehead atoms. The minimum Gasteiger partial charge on any atom is -0.322 e. The highest BCUT2D eigenvalue weighted by molar-refractivity contribution is 7.10. The molecule has 1 aromatic carbocycles. The van der Waals surface area contributed by atoms with Crippen molar-refractivity contribution >= 4 is 34.8 Å². The Hall–Kier alpha value is -3.25. The SMILES string of the molecule is Cc1ccc(-c2cn3cccnc3n2)cc1NC(=O)/C=C/c1cccs1. The van der Waals surface area contributed by atoms with Gasteiger partial charge in [0.25, 0.3) is 0 Å². The van der Waals surface area contributed by atoms with Gasteiger partial charge < -0.3 is 5.32 Å². The minimum absolute atomic E-state index is 0.157. The van der Waals surface area contributed by atoms with Crippen molar-refractivity contribution in [3.8, 4) is 11.3 Å². The molecule has 6 heteroatoms. The van der Waals surface area contributed by atoms with Crippen LogP contribution in [0.5, 0.6) is 0 Å². The Balaban J connectivity index is 1.58. The molecule has 3 heterocycles. The third-order valence-corrected chi connectivity index (χ3v) is 4.81. The molecule has 0 spiro atoms. The molecular weight excluding hydrogens is 344 g/mol. The lowest BCUT2D eigenvalue weighted by Gasteiger charge is -2.08. The number of aromatic nitrogens is 3. The zero-order chi connectivity index (χ0) is 17.9. The van der Waals surface area contributed by atoms with Crippen molar-refractivity contribution in [1.29, 1.82) is 0 Å². The van der Waals surface area contributed by atoms with Crippen molar-refractivity contribution < 1.29 is 4.79 Å². The average Bonchev–Trinajstić information content (AvgIpc) is 3.31. The Labute approximate surface area is 154 Å². The topological polar surface area (TPSA) is 59.3 Å². The Bertz CT molecular complexity index is 1060. The number of hydrogen-bond acceptors (Lipinski definition) is 4. The number of carbonyl (C=O) groups excluding carboxylic acids is 1. The van der Waals surface area contributed by atoms with Crippen LogP contribution in [0.4, 0.5) is 5.69 Å². The van der Waals surface area contributed by atoms with Gasteiger partial charge in [-0.25, -0.2) is 9.97 Å². The molecule has 3 aromatic heterocycles. The molecule has 0 aliphatic heterocycles. The molecule has 0 saturated heterocycles. The van der Waals surface area contributed by atoms with Crippen molar-refractivity contribution in [2.24, 2.45) is 0 Å². The smallest absolute Gasteiger partial charge is 0.248 e. The zero-order valence-corrected chi connectivity index (χ0v) is 14.9. The summed E-state index contributed by atoms with van der Waals surface area (Å²) >= 11 is 1.59. The first-order valence-electron chi connectivity index (χ1n) is 8.12. The van der Waals surface area contributed by atoms with E-state index in [2.05, 4.69) is 15.3 Å². The minimum atomic E-state index is -0.157. The average molecular weight is 360 g/mol. The number of rotatable bonds is 4. The van der Waals surface area contributed by atoms with Gasteiger partial charge in [0.15, 0.2) is 0 Å². The van der Waals surface area contributed by atoms with Crippen LogP contribution >= 0.6 is 11.3 Å². The van der Waals surface area contributed by atoms with E-state index in [0.717, 1.165) is 27.4 Å². The third-order valence-electron chi connectivity index (χ3n) is 3.97. The highest BCUT2D eigenvalue weighted by atomic mass is 32.1. The summed E-state index contributed by atoms with van der Waals surface area (Å²) in [5.41, 5.74) is 3.51. The summed E-state index contributed by atoms with van der Waals surface area (Å²) in [6.45, 7) is 1.97. The third kappa shape index (κ3) is 3.41. The second-order valence-corrected chi connectivity index (χ2v) is 6.80. The first-order valence-corrected chi connectivity index (χ1v) is 9.00. The maximum atomic E-state index is 12.2. The van der Waals surface area contributed by atoms with Gasteiger partial charge in [0.2, 0.25) is 11.7 Å². The van der Waals surface area contributed by atoms with Crippen molar-refractivity contribution in [2.45, 2.75) is 6.92 Å². The highest BCUT2D eigenvalue weighted by Gasteiger charge is 2.08. The number of nitrogens with zero attached hydrogens (tertiary/aromatic N) is 3. The van der Waals surface area contributed by atoms with E-state index in [4.69, 9.17) is 0 Å². The van der Waals surface area contributed by atoms with Gasteiger partial charge in [0.05, 0.1) is 5.69 Å². The fraction of sp³-hybridized carbons (Fsp3) is 0.0500. The highest BCUT2D eigenvalue weighted by Crippen LogP contribution is 2.25. The number of aryl methyl sites for hydroxylation is 1. The number of amides is 1. The molecule has 4 aromatic rings. The lowest BCUT2D eigenvalue weighted by atomic mass is 10.1. The maximum absolute atomic E-state index is 12.2. The monoisotopic (exact) mass is 360 g/mol. The van der Waals surface area contributed by atoms with Gasteiger partial charge in [-0.05, 0) is 42.1 Å². The molecule has 0 aliphatic carbocycles. The van der Waals surface area contributed by atoms with E-state index in [1.54, 1.807) is 23.6 Å². The second kappa shape index (κ2) is 6.93. The Morgan fingerprint density at radius 1 is 1.27 bits per heavy atom. The number of thiophene rings is 1. The van der Waals surface area contributed by atoms with Crippen LogP contribution in [0.3, 0.4) is 0 Å². The summed E-state index contributed by atoms with van der Waals surface area (Å²) in [5.74, 6) is 0.489. The molecule has 26 heavy (non-hydrogen) atoms. The summed E-state index contributed by atoms with van der Waals surface area (Å²) in [7, 11) is 0. The molecule has 1 N–H and O–H groups in total. The number of imidazole rings is 1. The van der Waals surface area contributed by atoms with Crippen molar-refractivity contribution in [3.63, 3.8) is 0 Å². The van der Waals surface area contributed by atoms with E-state index in [1.165, 1.54) is 0 Å². The van der Waals surface area contributed by atoms with Crippen molar-refractivity contribution in [2.75, 3.05) is 5.32 Å². The number of hydrogen-bond donors (Lipinski definition) is 1. The summed E-state index contributed by atoms with van der Waals surface area (Å²) in [4.78, 5) is 22.0. The molecule has 4 rings (SSSR count). The van der Waals surface area contributed by atoms with Crippen molar-refractivity contribution in [1.82, 2.24) is 14.4 Å². The molecule has 0 aliphatic rings. The van der Waals surface area contributed by atoms with E-state index in [9.17, 15) is 4.79 Å². The van der Waals surface area contributed by atoms with Gasteiger partial charge in [-0.2, -0.15) is 0 Å². The number of benzene rings is 1. The fourth-order valence-corrected chi connectivity index (χ4v) is 3.22. The molecule has 0 saturated carbocycles. The number of nitrogens with one attached hydrogen (secondary N) is 1. The Morgan fingerprint density at radius 3 is 3.00 bits per heavy atom. The largest absolute Gasteiger partial charge is 0.322 e. The Kier molecular flexibility index (Phi) is 4.33. The van der Waals surface area contributed by atoms with E-state index in [0.29, 0.717) is 5.78 Å². The molecule has 1 amide bonds. The van der Waals surface area contributed by atoms with Crippen LogP contribution in [-0.4, -0.2) is 20.3 Å². The quantitative estimate of drug-likeness (QED) is 0.548. The van der Waals surface area contributed by atoms with Crippen molar-refractivity contribution in [3.05, 3.63) is 76.9 Å². The van der Waals surface area contributed by atoms with Crippen LogP contribution in [0.15, 0.2) is 66.4 Å². The molecule has 0 unspecified atom stereocenters. The maximum Gasteiger partial charge on any atom is 0.248 e. The molecule has 0 radical (unpaired) electrons. The summed E-state index contributed by atoms with van der Waals surface area (Å²) in [5, 5.41) is 4.93. The predicted molar refractivity (Wildman–Crippen MR) is 105 cm³/mol. The fourth-order valence-electron chi connectivity index (χ4n) is 2.60. The number of carbonyl (C=O) groups is 1. The normalized spacial score (nSPS) is 11.3. The summed E-state index contributed by atoms with van der Waals surface area (Å²) in [6, 6.07) is 11.7. The van der Waals surface area contributed by atoms with E-state index >= 15 is 0 Å². The van der Waals surface area contributed by atoms with Crippen LogP contribution in [0.1, 0.15) is 10.4 Å². The first-order chi connectivity index (χ1) is 12.7. The van der Waals surface area contributed by atoms with Gasteiger partial charge in [0.1, 0.15) is 0 Å². The summed E-state index contributed by atoms with van der Waals surface area (Å²) in [6.07, 6.45) is 8.91. The molecule has 5 nitrogen and oxygen atoms in total. The van der Waals surface area contributed by atoms with Crippen LogP contribution < -0.4 is 5.32 Å². The first kappa shape index (κ1) is 16.2. The van der Waals surface area contributed by atoms with Gasteiger partial charge in [-0.15, -0.1) is 11.3 Å². The molecule has 128 valence electrons. The zero-order valence-electron chi connectivity index (χ0n) is 14.1. The van der Waals surface area contributed by atoms with Gasteiger partial charge in [0, 0.05) is 40.8 Å². The number of fused-ring (bicyclic) bond motifs is 1. The molecular formula is C20H16N4OS. The lowest BCUT2D eigenvalue weighted by Crippen LogP contribution is -2.09.